The van der Waals surface area contributed by atoms with Crippen molar-refractivity contribution in [2.75, 3.05) is 11.1 Å². The molecular formula is C21H28N4O4S. The van der Waals surface area contributed by atoms with Crippen molar-refractivity contribution >= 4 is 27.4 Å². The first-order chi connectivity index (χ1) is 14.3. The Labute approximate surface area is 176 Å². The maximum Gasteiger partial charge on any atom is 0.407 e. The molecule has 1 aliphatic heterocycles. The summed E-state index contributed by atoms with van der Waals surface area (Å²) in [5, 5.41) is 13.6. The number of fused-ring (bicyclic) bond motifs is 1. The summed E-state index contributed by atoms with van der Waals surface area (Å²) >= 11 is 0. The maximum absolute atomic E-state index is 11.9. The summed E-state index contributed by atoms with van der Waals surface area (Å²) in [6.07, 6.45) is 2.60. The number of hydrogen-bond donors (Lipinski definition) is 3. The Bertz CT molecular complexity index is 1030. The Morgan fingerprint density at radius 1 is 1.30 bits per heavy atom. The second kappa shape index (κ2) is 8.29. The number of aromatic nitrogens is 2. The van der Waals surface area contributed by atoms with Crippen LogP contribution < -0.4 is 10.6 Å². The number of H-pyrrole nitrogens is 1. The fourth-order valence-corrected chi connectivity index (χ4v) is 5.65. The molecule has 2 atom stereocenters. The molecule has 1 unspecified atom stereocenters. The molecule has 30 heavy (non-hydrogen) atoms. The second-order valence-corrected chi connectivity index (χ2v) is 10.6. The summed E-state index contributed by atoms with van der Waals surface area (Å²) in [4.78, 5) is 11.8. The molecule has 1 fully saturated rings. The number of alkyl carbamates (subject to hydrolysis) is 1. The molecule has 0 saturated heterocycles. The van der Waals surface area contributed by atoms with Gasteiger partial charge in [-0.25, -0.2) is 13.2 Å². The van der Waals surface area contributed by atoms with E-state index in [4.69, 9.17) is 4.74 Å². The van der Waals surface area contributed by atoms with Gasteiger partial charge in [0.2, 0.25) is 0 Å². The lowest BCUT2D eigenvalue weighted by atomic mass is 10.0. The average Bonchev–Trinajstić information content (AvgIpc) is 3.29. The number of rotatable bonds is 5. The summed E-state index contributed by atoms with van der Waals surface area (Å²) < 4.78 is 29.3. The van der Waals surface area contributed by atoms with Crippen molar-refractivity contribution in [2.24, 2.45) is 0 Å². The fraction of sp³-hybridized carbons (Fsp3) is 0.524. The van der Waals surface area contributed by atoms with E-state index in [1.165, 1.54) is 0 Å². The molecule has 2 aromatic rings. The lowest BCUT2D eigenvalue weighted by Gasteiger charge is -2.19. The third-order valence-electron chi connectivity index (χ3n) is 5.68. The van der Waals surface area contributed by atoms with Crippen LogP contribution in [0.2, 0.25) is 0 Å². The topological polar surface area (TPSA) is 113 Å². The van der Waals surface area contributed by atoms with Gasteiger partial charge in [0.1, 0.15) is 6.10 Å². The zero-order valence-electron chi connectivity index (χ0n) is 17.3. The molecule has 4 rings (SSSR count). The first-order valence-electron chi connectivity index (χ1n) is 10.4. The largest absolute Gasteiger partial charge is 0.446 e. The van der Waals surface area contributed by atoms with Crippen molar-refractivity contribution in [1.29, 1.82) is 0 Å². The van der Waals surface area contributed by atoms with Gasteiger partial charge in [-0.15, -0.1) is 0 Å². The molecule has 2 heterocycles. The number of nitrogens with one attached hydrogen (secondary N) is 3. The third-order valence-corrected chi connectivity index (χ3v) is 7.25. The number of benzene rings is 1. The lowest BCUT2D eigenvalue weighted by molar-refractivity contribution is 0.0981. The predicted octanol–water partition coefficient (Wildman–Crippen LogP) is 3.39. The lowest BCUT2D eigenvalue weighted by Crippen LogP contribution is -2.33. The number of amides is 1. The number of anilines is 2. The minimum atomic E-state index is -3.00. The van der Waals surface area contributed by atoms with Gasteiger partial charge in [-0.05, 0) is 56.7 Å². The molecule has 1 aromatic heterocycles. The Hall–Kier alpha value is -2.55. The maximum atomic E-state index is 11.9. The average molecular weight is 433 g/mol. The summed E-state index contributed by atoms with van der Waals surface area (Å²) in [5.41, 5.74) is 3.82. The van der Waals surface area contributed by atoms with E-state index in [2.05, 4.69) is 20.8 Å². The van der Waals surface area contributed by atoms with Crippen molar-refractivity contribution in [1.82, 2.24) is 15.5 Å². The number of carbonyl (C=O) groups is 1. The fourth-order valence-electron chi connectivity index (χ4n) is 4.25. The number of aromatic amines is 1. The predicted molar refractivity (Wildman–Crippen MR) is 115 cm³/mol. The molecule has 8 nitrogen and oxygen atoms in total. The van der Waals surface area contributed by atoms with Crippen LogP contribution in [-0.4, -0.2) is 42.6 Å². The van der Waals surface area contributed by atoms with Gasteiger partial charge in [-0.1, -0.05) is 12.1 Å². The number of carbonyl (C=O) groups excluding carboxylic acids is 1. The quantitative estimate of drug-likeness (QED) is 0.667. The molecule has 0 radical (unpaired) electrons. The molecule has 1 aromatic carbocycles. The zero-order valence-corrected chi connectivity index (χ0v) is 18.1. The highest BCUT2D eigenvalue weighted by Crippen LogP contribution is 2.36. The van der Waals surface area contributed by atoms with Crippen molar-refractivity contribution in [3.8, 4) is 0 Å². The standard InChI is InChI=1S/C21H28N4O4S/c1-13(2)22-21(26)29-16-7-6-14(10-16)19-11-20(25-24-19)23-18-5-3-4-15-12-30(27,28)9-8-17(15)18/h3-5,11,13-14,16H,6-10,12H2,1-2H3,(H,22,26)(H2,23,24,25)/t14-,16?/m0/s1. The van der Waals surface area contributed by atoms with Crippen LogP contribution in [0.1, 0.15) is 55.8 Å². The molecule has 2 aliphatic rings. The highest BCUT2D eigenvalue weighted by atomic mass is 32.2. The Balaban J connectivity index is 1.40. The normalized spacial score (nSPS) is 22.5. The summed E-state index contributed by atoms with van der Waals surface area (Å²) in [5.74, 6) is 1.24. The molecule has 9 heteroatoms. The van der Waals surface area contributed by atoms with E-state index in [-0.39, 0.29) is 35.7 Å². The van der Waals surface area contributed by atoms with Crippen LogP contribution in [0.4, 0.5) is 16.3 Å². The first-order valence-corrected chi connectivity index (χ1v) is 12.2. The smallest absolute Gasteiger partial charge is 0.407 e. The van der Waals surface area contributed by atoms with E-state index in [0.29, 0.717) is 12.2 Å². The Morgan fingerprint density at radius 2 is 2.13 bits per heavy atom. The summed E-state index contributed by atoms with van der Waals surface area (Å²) in [6, 6.07) is 7.75. The molecule has 1 amide bonds. The molecule has 1 aliphatic carbocycles. The highest BCUT2D eigenvalue weighted by molar-refractivity contribution is 7.90. The highest BCUT2D eigenvalue weighted by Gasteiger charge is 2.30. The Morgan fingerprint density at radius 3 is 2.93 bits per heavy atom. The van der Waals surface area contributed by atoms with Crippen molar-refractivity contribution < 1.29 is 17.9 Å². The van der Waals surface area contributed by atoms with Gasteiger partial charge in [-0.3, -0.25) is 5.10 Å². The van der Waals surface area contributed by atoms with Crippen molar-refractivity contribution in [3.05, 3.63) is 41.1 Å². The first kappa shape index (κ1) is 20.7. The number of sulfone groups is 1. The molecule has 0 bridgehead atoms. The van der Waals surface area contributed by atoms with Crippen LogP contribution in [0.5, 0.6) is 0 Å². The summed E-state index contributed by atoms with van der Waals surface area (Å²) in [7, 11) is -3.00. The van der Waals surface area contributed by atoms with Crippen LogP contribution >= 0.6 is 0 Å². The van der Waals surface area contributed by atoms with E-state index < -0.39 is 9.84 Å². The molecule has 3 N–H and O–H groups in total. The van der Waals surface area contributed by atoms with E-state index in [9.17, 15) is 13.2 Å². The van der Waals surface area contributed by atoms with E-state index in [0.717, 1.165) is 41.8 Å². The van der Waals surface area contributed by atoms with Gasteiger partial charge in [0.05, 0.1) is 11.5 Å². The minimum Gasteiger partial charge on any atom is -0.446 e. The molecular weight excluding hydrogens is 404 g/mol. The van der Waals surface area contributed by atoms with Crippen LogP contribution in [-0.2, 0) is 26.7 Å². The van der Waals surface area contributed by atoms with Crippen LogP contribution in [0, 0.1) is 0 Å². The van der Waals surface area contributed by atoms with Crippen LogP contribution in [0.3, 0.4) is 0 Å². The second-order valence-electron chi connectivity index (χ2n) is 8.46. The van der Waals surface area contributed by atoms with E-state index >= 15 is 0 Å². The van der Waals surface area contributed by atoms with Gasteiger partial charge in [0.25, 0.3) is 0 Å². The minimum absolute atomic E-state index is 0.0554. The Kier molecular flexibility index (Phi) is 5.73. The van der Waals surface area contributed by atoms with Gasteiger partial charge in [-0.2, -0.15) is 5.10 Å². The van der Waals surface area contributed by atoms with Gasteiger partial charge in [0.15, 0.2) is 15.7 Å². The SMILES string of the molecule is CC(C)NC(=O)OC1CC[C@H](c2cc(Nc3cccc4c3CCS(=O)(=O)C4)n[nH]2)C1. The number of hydrogen-bond acceptors (Lipinski definition) is 6. The number of ether oxygens (including phenoxy) is 1. The van der Waals surface area contributed by atoms with Gasteiger partial charge >= 0.3 is 6.09 Å². The van der Waals surface area contributed by atoms with Gasteiger partial charge < -0.3 is 15.4 Å². The third kappa shape index (κ3) is 4.77. The molecule has 162 valence electrons. The van der Waals surface area contributed by atoms with E-state index in [1.54, 1.807) is 0 Å². The number of nitrogens with zero attached hydrogens (tertiary/aromatic N) is 1. The summed E-state index contributed by atoms with van der Waals surface area (Å²) in [6.45, 7) is 3.81. The van der Waals surface area contributed by atoms with E-state index in [1.807, 2.05) is 38.1 Å². The molecule has 0 spiro atoms. The van der Waals surface area contributed by atoms with Crippen molar-refractivity contribution in [3.63, 3.8) is 0 Å². The zero-order chi connectivity index (χ0) is 21.3. The van der Waals surface area contributed by atoms with Gasteiger partial charge in [0, 0.05) is 29.4 Å². The van der Waals surface area contributed by atoms with Crippen LogP contribution in [0.25, 0.3) is 0 Å². The van der Waals surface area contributed by atoms with Crippen LogP contribution in [0.15, 0.2) is 24.3 Å². The van der Waals surface area contributed by atoms with Crippen molar-refractivity contribution in [2.45, 2.75) is 63.3 Å². The monoisotopic (exact) mass is 432 g/mol. The molecule has 1 saturated carbocycles.